The highest BCUT2D eigenvalue weighted by Crippen LogP contribution is 2.16. The third-order valence-electron chi connectivity index (χ3n) is 3.14. The normalized spacial score (nSPS) is 20.1. The molecule has 1 heterocycles. The number of morpholine rings is 1. The number of anilines is 1. The van der Waals surface area contributed by atoms with Crippen molar-refractivity contribution < 1.29 is 14.6 Å². The lowest BCUT2D eigenvalue weighted by Crippen LogP contribution is -2.46. The van der Waals surface area contributed by atoms with Gasteiger partial charge in [0.25, 0.3) is 0 Å². The van der Waals surface area contributed by atoms with E-state index in [4.69, 9.17) is 10.00 Å². The Labute approximate surface area is 117 Å². The van der Waals surface area contributed by atoms with Gasteiger partial charge in [-0.2, -0.15) is 5.26 Å². The third kappa shape index (κ3) is 3.47. The van der Waals surface area contributed by atoms with Crippen LogP contribution in [0.15, 0.2) is 24.3 Å². The van der Waals surface area contributed by atoms with Gasteiger partial charge in [0.1, 0.15) is 0 Å². The molecule has 2 atom stereocenters. The van der Waals surface area contributed by atoms with Crippen LogP contribution in [0.4, 0.5) is 10.5 Å². The van der Waals surface area contributed by atoms with Crippen molar-refractivity contribution in [3.63, 3.8) is 0 Å². The number of nitriles is 1. The summed E-state index contributed by atoms with van der Waals surface area (Å²) in [5.74, 6) is 0. The number of hydrogen-bond donors (Lipinski definition) is 2. The average Bonchev–Trinajstić information content (AvgIpc) is 2.47. The maximum Gasteiger partial charge on any atom is 0.322 e. The van der Waals surface area contributed by atoms with E-state index in [1.54, 1.807) is 36.1 Å². The van der Waals surface area contributed by atoms with E-state index in [-0.39, 0.29) is 12.6 Å². The van der Waals surface area contributed by atoms with Crippen LogP contribution in [0.25, 0.3) is 0 Å². The van der Waals surface area contributed by atoms with Crippen LogP contribution in [0.2, 0.25) is 0 Å². The maximum absolute atomic E-state index is 12.0. The van der Waals surface area contributed by atoms with Gasteiger partial charge in [0.05, 0.1) is 25.3 Å². The van der Waals surface area contributed by atoms with Crippen LogP contribution in [-0.2, 0) is 4.74 Å². The van der Waals surface area contributed by atoms with Crippen LogP contribution < -0.4 is 5.32 Å². The molecule has 0 bridgehead atoms. The Morgan fingerprint density at radius 2 is 2.25 bits per heavy atom. The molecule has 1 aromatic carbocycles. The number of hydrogen-bond acceptors (Lipinski definition) is 4. The number of urea groups is 1. The first kappa shape index (κ1) is 14.3. The molecule has 106 valence electrons. The van der Waals surface area contributed by atoms with E-state index in [2.05, 4.69) is 5.32 Å². The fourth-order valence-corrected chi connectivity index (χ4v) is 1.96. The number of benzene rings is 1. The third-order valence-corrected chi connectivity index (χ3v) is 3.14. The number of aliphatic hydroxyl groups excluding tert-OH is 1. The number of ether oxygens (including phenoxy) is 1. The number of rotatable bonds is 2. The van der Waals surface area contributed by atoms with Gasteiger partial charge < -0.3 is 20.1 Å². The molecule has 0 aromatic heterocycles. The molecule has 0 saturated carbocycles. The summed E-state index contributed by atoms with van der Waals surface area (Å²) in [7, 11) is 0. The summed E-state index contributed by atoms with van der Waals surface area (Å²) < 4.78 is 5.19. The van der Waals surface area contributed by atoms with E-state index in [0.29, 0.717) is 18.8 Å². The van der Waals surface area contributed by atoms with Gasteiger partial charge >= 0.3 is 6.03 Å². The highest BCUT2D eigenvalue weighted by atomic mass is 16.5. The Hall–Kier alpha value is -2.10. The Morgan fingerprint density at radius 1 is 1.55 bits per heavy atom. The van der Waals surface area contributed by atoms with Crippen LogP contribution in [0.5, 0.6) is 0 Å². The SMILES string of the molecule is CC(O)c1ccc(NC(=O)N2CCOC(C#N)C2)cc1. The number of carbonyl (C=O) groups is 1. The Bertz CT molecular complexity index is 507. The molecule has 2 unspecified atom stereocenters. The lowest BCUT2D eigenvalue weighted by Gasteiger charge is -2.29. The van der Waals surface area contributed by atoms with Gasteiger partial charge in [-0.1, -0.05) is 12.1 Å². The molecule has 0 aliphatic carbocycles. The minimum atomic E-state index is -0.563. The fraction of sp³-hybridized carbons (Fsp3) is 0.429. The van der Waals surface area contributed by atoms with E-state index in [1.807, 2.05) is 6.07 Å². The van der Waals surface area contributed by atoms with Crippen molar-refractivity contribution in [1.82, 2.24) is 4.90 Å². The molecule has 2 rings (SSSR count). The van der Waals surface area contributed by atoms with Gasteiger partial charge in [0.15, 0.2) is 6.10 Å². The lowest BCUT2D eigenvalue weighted by molar-refractivity contribution is 0.0181. The van der Waals surface area contributed by atoms with Crippen molar-refractivity contribution in [2.24, 2.45) is 0 Å². The minimum absolute atomic E-state index is 0.252. The average molecular weight is 275 g/mol. The van der Waals surface area contributed by atoms with E-state index in [1.165, 1.54) is 0 Å². The molecular formula is C14H17N3O3. The maximum atomic E-state index is 12.0. The smallest absolute Gasteiger partial charge is 0.322 e. The molecule has 0 spiro atoms. The molecule has 6 heteroatoms. The Balaban J connectivity index is 1.95. The van der Waals surface area contributed by atoms with Crippen LogP contribution in [0.3, 0.4) is 0 Å². The number of nitrogens with one attached hydrogen (secondary N) is 1. The van der Waals surface area contributed by atoms with Gasteiger partial charge in [0, 0.05) is 12.2 Å². The van der Waals surface area contributed by atoms with E-state index >= 15 is 0 Å². The monoisotopic (exact) mass is 275 g/mol. The summed E-state index contributed by atoms with van der Waals surface area (Å²) in [6, 6.07) is 8.75. The summed E-state index contributed by atoms with van der Waals surface area (Å²) in [5, 5.41) is 21.0. The van der Waals surface area contributed by atoms with Crippen molar-refractivity contribution in [1.29, 1.82) is 5.26 Å². The van der Waals surface area contributed by atoms with Gasteiger partial charge in [-0.05, 0) is 24.6 Å². The van der Waals surface area contributed by atoms with Gasteiger partial charge in [-0.15, -0.1) is 0 Å². The second kappa shape index (κ2) is 6.37. The molecule has 0 radical (unpaired) electrons. The highest BCUT2D eigenvalue weighted by Gasteiger charge is 2.23. The molecule has 1 saturated heterocycles. The van der Waals surface area contributed by atoms with Crippen LogP contribution in [0.1, 0.15) is 18.6 Å². The van der Waals surface area contributed by atoms with Crippen molar-refractivity contribution >= 4 is 11.7 Å². The Kier molecular flexibility index (Phi) is 4.56. The number of amides is 2. The van der Waals surface area contributed by atoms with E-state index < -0.39 is 12.2 Å². The second-order valence-corrected chi connectivity index (χ2v) is 4.66. The first-order chi connectivity index (χ1) is 9.60. The zero-order valence-electron chi connectivity index (χ0n) is 11.2. The first-order valence-electron chi connectivity index (χ1n) is 6.45. The van der Waals surface area contributed by atoms with Gasteiger partial charge in [-0.25, -0.2) is 4.79 Å². The first-order valence-corrected chi connectivity index (χ1v) is 6.45. The molecule has 1 aliphatic heterocycles. The minimum Gasteiger partial charge on any atom is -0.389 e. The van der Waals surface area contributed by atoms with Crippen LogP contribution in [-0.4, -0.2) is 41.8 Å². The molecule has 1 aliphatic rings. The van der Waals surface area contributed by atoms with Gasteiger partial charge in [0.2, 0.25) is 0 Å². The fourth-order valence-electron chi connectivity index (χ4n) is 1.96. The molecule has 1 fully saturated rings. The van der Waals surface area contributed by atoms with Crippen LogP contribution in [0, 0.1) is 11.3 Å². The molecule has 6 nitrogen and oxygen atoms in total. The molecular weight excluding hydrogens is 258 g/mol. The largest absolute Gasteiger partial charge is 0.389 e. The predicted octanol–water partition coefficient (Wildman–Crippen LogP) is 1.50. The van der Waals surface area contributed by atoms with Crippen LogP contribution >= 0.6 is 0 Å². The van der Waals surface area contributed by atoms with E-state index in [9.17, 15) is 9.90 Å². The summed E-state index contributed by atoms with van der Waals surface area (Å²) in [6.45, 7) is 2.79. The number of carbonyl (C=O) groups excluding carboxylic acids is 1. The lowest BCUT2D eigenvalue weighted by atomic mass is 10.1. The topological polar surface area (TPSA) is 85.6 Å². The zero-order chi connectivity index (χ0) is 14.5. The predicted molar refractivity (Wildman–Crippen MR) is 73.0 cm³/mol. The Morgan fingerprint density at radius 3 is 2.85 bits per heavy atom. The van der Waals surface area contributed by atoms with Crippen molar-refractivity contribution in [2.75, 3.05) is 25.0 Å². The van der Waals surface area contributed by atoms with Crippen molar-refractivity contribution in [3.05, 3.63) is 29.8 Å². The number of aliphatic hydroxyl groups is 1. The summed E-state index contributed by atoms with van der Waals surface area (Å²) in [4.78, 5) is 13.6. The van der Waals surface area contributed by atoms with Crippen molar-refractivity contribution in [3.8, 4) is 6.07 Å². The highest BCUT2D eigenvalue weighted by molar-refractivity contribution is 5.89. The van der Waals surface area contributed by atoms with E-state index in [0.717, 1.165) is 5.56 Å². The van der Waals surface area contributed by atoms with Crippen molar-refractivity contribution in [2.45, 2.75) is 19.1 Å². The van der Waals surface area contributed by atoms with Gasteiger partial charge in [-0.3, -0.25) is 0 Å². The zero-order valence-corrected chi connectivity index (χ0v) is 11.2. The summed E-state index contributed by atoms with van der Waals surface area (Å²) in [5.41, 5.74) is 1.44. The number of nitrogens with zero attached hydrogens (tertiary/aromatic N) is 2. The molecule has 20 heavy (non-hydrogen) atoms. The summed E-state index contributed by atoms with van der Waals surface area (Å²) >= 11 is 0. The standard InChI is InChI=1S/C14H17N3O3/c1-10(18)11-2-4-12(5-3-11)16-14(19)17-6-7-20-13(8-15)9-17/h2-5,10,13,18H,6-7,9H2,1H3,(H,16,19). The quantitative estimate of drug-likeness (QED) is 0.856. The second-order valence-electron chi connectivity index (χ2n) is 4.66. The molecule has 2 amide bonds. The molecule has 2 N–H and O–H groups in total. The summed E-state index contributed by atoms with van der Waals surface area (Å²) in [6.07, 6.45) is -1.09. The molecule has 1 aromatic rings.